The van der Waals surface area contributed by atoms with Gasteiger partial charge in [0.25, 0.3) is 0 Å². The molecule has 0 saturated carbocycles. The molecule has 430 valence electrons. The van der Waals surface area contributed by atoms with Crippen LogP contribution in [0.3, 0.4) is 0 Å². The first-order valence-electron chi connectivity index (χ1n) is 26.1. The Bertz CT molecular complexity index is 2260. The summed E-state index contributed by atoms with van der Waals surface area (Å²) in [4.78, 5) is 31.3. The van der Waals surface area contributed by atoms with E-state index < -0.39 is 57.1 Å². The summed E-state index contributed by atoms with van der Waals surface area (Å²) in [7, 11) is -7.12. The Morgan fingerprint density at radius 1 is 0.355 bits per heavy atom. The lowest BCUT2D eigenvalue weighted by molar-refractivity contribution is -0.0857. The monoisotopic (exact) mass is 1120 g/mol. The molecule has 1 atom stereocenters. The van der Waals surface area contributed by atoms with Crippen LogP contribution in [0.25, 0.3) is 0 Å². The molecule has 76 heavy (non-hydrogen) atoms. The molecule has 4 rings (SSSR count). The first-order valence-corrected chi connectivity index (χ1v) is 29.5. The van der Waals surface area contributed by atoms with Crippen molar-refractivity contribution in [1.82, 2.24) is 0 Å². The van der Waals surface area contributed by atoms with Crippen LogP contribution in [-0.2, 0) is 47.6 Å². The molecule has 8 N–H and O–H groups in total. The summed E-state index contributed by atoms with van der Waals surface area (Å²) in [5, 5.41) is 39.6. The lowest BCUT2D eigenvalue weighted by Crippen LogP contribution is -2.41. The molecule has 0 fully saturated rings. The number of benzene rings is 4. The standard InChI is InChI=1S/C42H63O3P.C19H32O4.H4O5P2/c1-37(2,3)28-19-22-34(31(25-28)40(10,11)12)43-46(44-35-23-20-29(38(4,5)6)26-32(35)41(13,14)15)45-36-24-21-30(39(7,8)9)27-33(36)42(16,17)18;1-17(2,3)13-7-8-14(15(9-13)18(4,5)6)16(23)19(10-20,11-21)12-22;1-6(2)5-7(3)4/h19-27H,1-18H3;7-9,16,20-23H,10-12H2,1-6H3;1-4H. The first kappa shape index (κ1) is 69.3. The van der Waals surface area contributed by atoms with Crippen LogP contribution in [0.4, 0.5) is 0 Å². The van der Waals surface area contributed by atoms with Crippen molar-refractivity contribution >= 4 is 25.8 Å². The highest BCUT2D eigenvalue weighted by atomic mass is 31.2. The van der Waals surface area contributed by atoms with Crippen molar-refractivity contribution in [3.05, 3.63) is 123 Å². The van der Waals surface area contributed by atoms with Crippen molar-refractivity contribution in [2.75, 3.05) is 19.8 Å². The molecular weight excluding hydrogens is 1020 g/mol. The molecule has 0 bridgehead atoms. The quantitative estimate of drug-likeness (QED) is 0.0591. The molecule has 0 radical (unpaired) electrons. The van der Waals surface area contributed by atoms with E-state index in [0.717, 1.165) is 45.1 Å². The van der Waals surface area contributed by atoms with E-state index >= 15 is 0 Å². The fourth-order valence-corrected chi connectivity index (χ4v) is 9.59. The molecule has 0 heterocycles. The second kappa shape index (κ2) is 26.2. The average Bonchev–Trinajstić information content (AvgIpc) is 3.24. The third kappa shape index (κ3) is 20.1. The summed E-state index contributed by atoms with van der Waals surface area (Å²) < 4.78 is 24.3. The van der Waals surface area contributed by atoms with Crippen LogP contribution >= 0.6 is 25.8 Å². The highest BCUT2D eigenvalue weighted by molar-refractivity contribution is 7.53. The summed E-state index contributed by atoms with van der Waals surface area (Å²) in [5.74, 6) is 2.37. The van der Waals surface area contributed by atoms with Crippen molar-refractivity contribution in [2.45, 2.75) is 216 Å². The van der Waals surface area contributed by atoms with Crippen LogP contribution in [0.15, 0.2) is 72.8 Å². The summed E-state index contributed by atoms with van der Waals surface area (Å²) in [6.07, 6.45) is -1.15. The lowest BCUT2D eigenvalue weighted by atomic mass is 9.73. The normalized spacial score (nSPS) is 13.8. The van der Waals surface area contributed by atoms with Gasteiger partial charge in [0.05, 0.1) is 31.3 Å². The van der Waals surface area contributed by atoms with Crippen LogP contribution in [0.2, 0.25) is 0 Å². The Hall–Kier alpha value is -2.79. The van der Waals surface area contributed by atoms with Crippen molar-refractivity contribution in [3.8, 4) is 17.2 Å². The van der Waals surface area contributed by atoms with Crippen LogP contribution in [-0.4, -0.2) is 59.8 Å². The van der Waals surface area contributed by atoms with Gasteiger partial charge < -0.3 is 53.6 Å². The highest BCUT2D eigenvalue weighted by Crippen LogP contribution is 2.51. The van der Waals surface area contributed by atoms with E-state index in [1.807, 2.05) is 12.1 Å². The minimum Gasteiger partial charge on any atom is -0.408 e. The van der Waals surface area contributed by atoms with E-state index in [2.05, 4.69) is 231 Å². The molecule has 1 unspecified atom stereocenters. The topological polar surface area (TPSA) is 199 Å². The Kier molecular flexibility index (Phi) is 23.9. The van der Waals surface area contributed by atoms with E-state index in [0.29, 0.717) is 5.56 Å². The zero-order valence-corrected chi connectivity index (χ0v) is 53.4. The van der Waals surface area contributed by atoms with Gasteiger partial charge in [0.15, 0.2) is 0 Å². The molecule has 15 heteroatoms. The second-order valence-corrected chi connectivity index (χ2v) is 30.9. The van der Waals surface area contributed by atoms with Gasteiger partial charge in [-0.15, -0.1) is 0 Å². The Labute approximate surface area is 462 Å². The molecule has 0 amide bonds. The van der Waals surface area contributed by atoms with Crippen molar-refractivity contribution in [3.63, 3.8) is 0 Å². The molecule has 0 aliphatic carbocycles. The number of hydrogen-bond donors (Lipinski definition) is 8. The second-order valence-electron chi connectivity index (χ2n) is 28.3. The molecule has 0 aliphatic rings. The lowest BCUT2D eigenvalue weighted by Gasteiger charge is -2.36. The third-order valence-electron chi connectivity index (χ3n) is 13.2. The largest absolute Gasteiger partial charge is 0.530 e. The molecule has 0 aliphatic heterocycles. The van der Waals surface area contributed by atoms with Gasteiger partial charge in [-0.1, -0.05) is 221 Å². The predicted molar refractivity (Wildman–Crippen MR) is 317 cm³/mol. The van der Waals surface area contributed by atoms with Crippen molar-refractivity contribution in [2.24, 2.45) is 5.41 Å². The van der Waals surface area contributed by atoms with Crippen molar-refractivity contribution < 1.29 is 57.9 Å². The minimum atomic E-state index is -2.61. The Balaban J connectivity index is 0.000000544. The molecule has 0 saturated heterocycles. The van der Waals surface area contributed by atoms with E-state index in [9.17, 15) is 20.4 Å². The van der Waals surface area contributed by atoms with Gasteiger partial charge in [0.1, 0.15) is 17.2 Å². The number of aliphatic hydroxyl groups excluding tert-OH is 4. The first-order chi connectivity index (χ1) is 34.1. The van der Waals surface area contributed by atoms with E-state index in [-0.39, 0.29) is 43.3 Å². The summed E-state index contributed by atoms with van der Waals surface area (Å²) in [5.41, 5.74) is 8.00. The van der Waals surface area contributed by atoms with Gasteiger partial charge >= 0.3 is 25.8 Å². The summed E-state index contributed by atoms with van der Waals surface area (Å²) >= 11 is 0. The van der Waals surface area contributed by atoms with Gasteiger partial charge in [-0.3, -0.25) is 0 Å². The highest BCUT2D eigenvalue weighted by Gasteiger charge is 2.40. The van der Waals surface area contributed by atoms with Crippen LogP contribution in [0.5, 0.6) is 17.2 Å². The Morgan fingerprint density at radius 3 is 0.789 bits per heavy atom. The SMILES string of the molecule is CC(C)(C)c1ccc(C(O)C(CO)(CO)CO)c(C(C)(C)C)c1.CC(C)(C)c1ccc(OP(Oc2ccc(C(C)(C)C)cc2C(C)(C)C)Oc2ccc(C(C)(C)C)cc2C(C)(C)C)c(C(C)(C)C)c1.OP(O)OP(O)O. The molecule has 12 nitrogen and oxygen atoms in total. The summed E-state index contributed by atoms with van der Waals surface area (Å²) in [6.45, 7) is 51.4. The molecule has 4 aromatic carbocycles. The van der Waals surface area contributed by atoms with Gasteiger partial charge in [0.2, 0.25) is 0 Å². The molecular formula is C61H99O12P3. The van der Waals surface area contributed by atoms with Crippen LogP contribution < -0.4 is 13.6 Å². The Morgan fingerprint density at radius 2 is 0.592 bits per heavy atom. The minimum absolute atomic E-state index is 0.0170. The van der Waals surface area contributed by atoms with Crippen LogP contribution in [0, 0.1) is 5.41 Å². The number of aliphatic hydroxyl groups is 4. The maximum atomic E-state index is 10.8. The van der Waals surface area contributed by atoms with Crippen LogP contribution in [0.1, 0.15) is 222 Å². The van der Waals surface area contributed by atoms with E-state index in [1.165, 1.54) is 16.7 Å². The predicted octanol–water partition coefficient (Wildman–Crippen LogP) is 14.9. The smallest absolute Gasteiger partial charge is 0.408 e. The fraction of sp³-hybridized carbons (Fsp3) is 0.607. The fourth-order valence-electron chi connectivity index (χ4n) is 8.00. The van der Waals surface area contributed by atoms with Gasteiger partial charge in [-0.25, -0.2) is 4.31 Å². The molecule has 0 spiro atoms. The van der Waals surface area contributed by atoms with E-state index in [4.69, 9.17) is 33.1 Å². The average molecular weight is 1120 g/mol. The van der Waals surface area contributed by atoms with Crippen molar-refractivity contribution in [1.29, 1.82) is 0 Å². The molecule has 0 aromatic heterocycles. The van der Waals surface area contributed by atoms with Gasteiger partial charge in [0, 0.05) is 16.7 Å². The summed E-state index contributed by atoms with van der Waals surface area (Å²) in [6, 6.07) is 25.6. The van der Waals surface area contributed by atoms with E-state index in [1.54, 1.807) is 0 Å². The van der Waals surface area contributed by atoms with Gasteiger partial charge in [-0.2, -0.15) is 0 Å². The number of rotatable bonds is 13. The molecule has 4 aromatic rings. The zero-order chi connectivity index (χ0) is 59.2. The zero-order valence-electron chi connectivity index (χ0n) is 50.7. The maximum absolute atomic E-state index is 10.8. The number of hydrogen-bond acceptors (Lipinski definition) is 12. The van der Waals surface area contributed by atoms with Gasteiger partial charge in [-0.05, 0) is 94.9 Å². The third-order valence-corrected chi connectivity index (χ3v) is 15.4. The maximum Gasteiger partial charge on any atom is 0.530 e.